The quantitative estimate of drug-likeness (QED) is 0.522. The van der Waals surface area contributed by atoms with E-state index in [0.717, 1.165) is 11.8 Å². The van der Waals surface area contributed by atoms with Crippen molar-refractivity contribution < 1.29 is 0 Å². The molecular weight excluding hydrogens is 110 g/mol. The molecule has 2 saturated carbocycles. The molecule has 2 aliphatic carbocycles. The number of fused-ring (bicyclic) bond motifs is 2. The molecule has 0 heterocycles. The van der Waals surface area contributed by atoms with Gasteiger partial charge in [0, 0.05) is 6.04 Å². The van der Waals surface area contributed by atoms with Crippen LogP contribution in [0.2, 0.25) is 0 Å². The molecule has 0 aliphatic heterocycles. The van der Waals surface area contributed by atoms with Crippen molar-refractivity contribution in [3.63, 3.8) is 0 Å². The van der Waals surface area contributed by atoms with Gasteiger partial charge in [0.05, 0.1) is 0 Å². The van der Waals surface area contributed by atoms with Crippen molar-refractivity contribution in [2.45, 2.75) is 38.1 Å². The second-order valence-corrected chi connectivity index (χ2v) is 3.78. The Kier molecular flexibility index (Phi) is 1.26. The van der Waals surface area contributed by atoms with Crippen molar-refractivity contribution in [2.75, 3.05) is 0 Å². The van der Waals surface area contributed by atoms with Crippen molar-refractivity contribution in [3.8, 4) is 0 Å². The Balaban J connectivity index is 2.03. The van der Waals surface area contributed by atoms with Gasteiger partial charge in [-0.15, -0.1) is 0 Å². The van der Waals surface area contributed by atoms with E-state index in [-0.39, 0.29) is 0 Å². The zero-order chi connectivity index (χ0) is 6.27. The lowest BCUT2D eigenvalue weighted by atomic mass is 9.86. The third-order valence-corrected chi connectivity index (χ3v) is 2.92. The molecule has 52 valence electrons. The van der Waals surface area contributed by atoms with Gasteiger partial charge in [-0.25, -0.2) is 0 Å². The van der Waals surface area contributed by atoms with Gasteiger partial charge < -0.3 is 5.73 Å². The third-order valence-electron chi connectivity index (χ3n) is 2.92. The largest absolute Gasteiger partial charge is 0.328 e. The normalized spacial score (nSPS) is 49.7. The molecule has 2 fully saturated rings. The second-order valence-electron chi connectivity index (χ2n) is 3.78. The average Bonchev–Trinajstić information content (AvgIpc) is 2.11. The van der Waals surface area contributed by atoms with Gasteiger partial charge in [0.2, 0.25) is 0 Å². The molecule has 2 N–H and O–H groups in total. The Morgan fingerprint density at radius 2 is 1.44 bits per heavy atom. The minimum absolute atomic E-state index is 0.552. The number of hydrogen-bond acceptors (Lipinski definition) is 1. The first-order valence-corrected chi connectivity index (χ1v) is 4.10. The summed E-state index contributed by atoms with van der Waals surface area (Å²) in [5, 5.41) is 0. The van der Waals surface area contributed by atoms with Crippen LogP contribution in [-0.2, 0) is 0 Å². The minimum Gasteiger partial charge on any atom is -0.328 e. The number of rotatable bonds is 0. The van der Waals surface area contributed by atoms with E-state index in [4.69, 9.17) is 5.73 Å². The maximum absolute atomic E-state index is 5.86. The van der Waals surface area contributed by atoms with Crippen molar-refractivity contribution >= 4 is 0 Å². The van der Waals surface area contributed by atoms with Crippen LogP contribution in [0.4, 0.5) is 0 Å². The zero-order valence-corrected chi connectivity index (χ0v) is 5.84. The fraction of sp³-hybridized carbons (Fsp3) is 1.00. The molecular formula is C8H15N. The number of hydrogen-bond donors (Lipinski definition) is 1. The van der Waals surface area contributed by atoms with Crippen LogP contribution in [0, 0.1) is 11.8 Å². The van der Waals surface area contributed by atoms with Crippen LogP contribution in [0.15, 0.2) is 0 Å². The van der Waals surface area contributed by atoms with E-state index in [2.05, 4.69) is 0 Å². The standard InChI is InChI=1S/C8H15N/c9-8-4-6-1-2-7(3-6)5-8/h6-8H,1-5,9H2/t6-,7-/m0/s1. The Hall–Kier alpha value is -0.0400. The van der Waals surface area contributed by atoms with Crippen LogP contribution >= 0.6 is 0 Å². The van der Waals surface area contributed by atoms with Crippen LogP contribution in [-0.4, -0.2) is 6.04 Å². The molecule has 0 aromatic carbocycles. The molecule has 0 aromatic heterocycles. The van der Waals surface area contributed by atoms with Gasteiger partial charge in [-0.05, 0) is 31.1 Å². The highest BCUT2D eigenvalue weighted by Gasteiger charge is 2.31. The summed E-state index contributed by atoms with van der Waals surface area (Å²) in [6.07, 6.45) is 7.07. The Morgan fingerprint density at radius 3 is 2.00 bits per heavy atom. The molecule has 9 heavy (non-hydrogen) atoms. The van der Waals surface area contributed by atoms with E-state index in [9.17, 15) is 0 Å². The molecule has 0 saturated heterocycles. The Labute approximate surface area is 56.6 Å². The fourth-order valence-electron chi connectivity index (χ4n) is 2.56. The van der Waals surface area contributed by atoms with Gasteiger partial charge >= 0.3 is 0 Å². The van der Waals surface area contributed by atoms with Crippen LogP contribution in [0.25, 0.3) is 0 Å². The van der Waals surface area contributed by atoms with Crippen LogP contribution in [0.5, 0.6) is 0 Å². The molecule has 2 rings (SSSR count). The third kappa shape index (κ3) is 0.983. The van der Waals surface area contributed by atoms with E-state index in [0.29, 0.717) is 6.04 Å². The summed E-state index contributed by atoms with van der Waals surface area (Å²) in [6, 6.07) is 0.552. The molecule has 0 radical (unpaired) electrons. The van der Waals surface area contributed by atoms with Crippen molar-refractivity contribution in [1.29, 1.82) is 0 Å². The highest BCUT2D eigenvalue weighted by atomic mass is 14.7. The van der Waals surface area contributed by atoms with E-state index in [1.807, 2.05) is 0 Å². The lowest BCUT2D eigenvalue weighted by molar-refractivity contribution is 0.320. The summed E-state index contributed by atoms with van der Waals surface area (Å²) in [5.74, 6) is 2.03. The molecule has 1 nitrogen and oxygen atoms in total. The first kappa shape index (κ1) is 5.72. The van der Waals surface area contributed by atoms with E-state index in [1.54, 1.807) is 0 Å². The Morgan fingerprint density at radius 1 is 0.889 bits per heavy atom. The van der Waals surface area contributed by atoms with Gasteiger partial charge in [0.25, 0.3) is 0 Å². The molecule has 0 unspecified atom stereocenters. The smallest absolute Gasteiger partial charge is 0.00441 e. The summed E-state index contributed by atoms with van der Waals surface area (Å²) in [6.45, 7) is 0. The predicted octanol–water partition coefficient (Wildman–Crippen LogP) is 1.52. The van der Waals surface area contributed by atoms with E-state index >= 15 is 0 Å². The Bertz CT molecular complexity index is 99.1. The maximum Gasteiger partial charge on any atom is 0.00441 e. The van der Waals surface area contributed by atoms with Gasteiger partial charge in [0.1, 0.15) is 0 Å². The van der Waals surface area contributed by atoms with Crippen LogP contribution < -0.4 is 5.73 Å². The average molecular weight is 125 g/mol. The second kappa shape index (κ2) is 1.98. The maximum atomic E-state index is 5.86. The lowest BCUT2D eigenvalue weighted by Crippen LogP contribution is -2.28. The molecule has 1 heteroatoms. The highest BCUT2D eigenvalue weighted by molar-refractivity contribution is 4.86. The molecule has 0 aromatic rings. The molecule has 0 spiro atoms. The fourth-order valence-corrected chi connectivity index (χ4v) is 2.56. The highest BCUT2D eigenvalue weighted by Crippen LogP contribution is 2.41. The minimum atomic E-state index is 0.552. The zero-order valence-electron chi connectivity index (χ0n) is 5.84. The molecule has 2 aliphatic rings. The monoisotopic (exact) mass is 125 g/mol. The summed E-state index contributed by atoms with van der Waals surface area (Å²) in [4.78, 5) is 0. The van der Waals surface area contributed by atoms with Gasteiger partial charge in [0.15, 0.2) is 0 Å². The first-order chi connectivity index (χ1) is 4.34. The number of nitrogens with two attached hydrogens (primary N) is 1. The summed E-state index contributed by atoms with van der Waals surface area (Å²) in [7, 11) is 0. The van der Waals surface area contributed by atoms with Gasteiger partial charge in [-0.1, -0.05) is 12.8 Å². The SMILES string of the molecule is NC1C[C@H]2CC[C@H](C1)C2. The first-order valence-electron chi connectivity index (χ1n) is 4.10. The van der Waals surface area contributed by atoms with Crippen LogP contribution in [0.1, 0.15) is 32.1 Å². The lowest BCUT2D eigenvalue weighted by Gasteiger charge is -2.23. The molecule has 2 bridgehead atoms. The van der Waals surface area contributed by atoms with E-state index < -0.39 is 0 Å². The van der Waals surface area contributed by atoms with E-state index in [1.165, 1.54) is 32.1 Å². The summed E-state index contributed by atoms with van der Waals surface area (Å²) >= 11 is 0. The van der Waals surface area contributed by atoms with Crippen molar-refractivity contribution in [3.05, 3.63) is 0 Å². The summed E-state index contributed by atoms with van der Waals surface area (Å²) < 4.78 is 0. The molecule has 2 atom stereocenters. The van der Waals surface area contributed by atoms with Gasteiger partial charge in [-0.2, -0.15) is 0 Å². The van der Waals surface area contributed by atoms with Crippen molar-refractivity contribution in [2.24, 2.45) is 17.6 Å². The summed E-state index contributed by atoms with van der Waals surface area (Å²) in [5.41, 5.74) is 5.86. The topological polar surface area (TPSA) is 26.0 Å². The predicted molar refractivity (Wildman–Crippen MR) is 38.0 cm³/mol. The molecule has 0 amide bonds. The van der Waals surface area contributed by atoms with Gasteiger partial charge in [-0.3, -0.25) is 0 Å². The van der Waals surface area contributed by atoms with Crippen LogP contribution in [0.3, 0.4) is 0 Å². The van der Waals surface area contributed by atoms with Crippen molar-refractivity contribution in [1.82, 2.24) is 0 Å².